The zero-order valence-corrected chi connectivity index (χ0v) is 24.1. The van der Waals surface area contributed by atoms with Gasteiger partial charge in [-0.3, -0.25) is 14.4 Å². The molecular formula is C24H24N16O5. The molecule has 0 radical (unpaired) electrons. The highest BCUT2D eigenvalue weighted by molar-refractivity contribution is 6.34. The van der Waals surface area contributed by atoms with Gasteiger partial charge in [-0.05, 0) is 13.8 Å². The fraction of sp³-hybridized carbons (Fsp3) is 0.208. The molecule has 0 aliphatic heterocycles. The summed E-state index contributed by atoms with van der Waals surface area (Å²) in [5.74, 6) is -2.03. The van der Waals surface area contributed by atoms with Gasteiger partial charge in [-0.1, -0.05) is 0 Å². The van der Waals surface area contributed by atoms with Crippen LogP contribution in [0.25, 0.3) is 11.8 Å². The Morgan fingerprint density at radius 2 is 1.40 bits per heavy atom. The smallest absolute Gasteiger partial charge is 0.257 e. The molecule has 6 N–H and O–H groups in total. The summed E-state index contributed by atoms with van der Waals surface area (Å²) in [7, 11) is 3.06. The van der Waals surface area contributed by atoms with E-state index < -0.39 is 24.1 Å². The summed E-state index contributed by atoms with van der Waals surface area (Å²) in [4.78, 5) is 43.3. The Labute approximate surface area is 251 Å². The lowest BCUT2D eigenvalue weighted by atomic mass is 10.2. The molecule has 0 atom stereocenters. The van der Waals surface area contributed by atoms with Gasteiger partial charge in [-0.2, -0.15) is 39.7 Å². The van der Waals surface area contributed by atoms with Crippen molar-refractivity contribution < 1.29 is 24.6 Å². The Balaban J connectivity index is 1.50. The minimum Gasteiger partial charge on any atom is -0.493 e. The first kappa shape index (κ1) is 30.0. The highest BCUT2D eigenvalue weighted by Crippen LogP contribution is 2.33. The van der Waals surface area contributed by atoms with Gasteiger partial charge in [0.05, 0.1) is 34.9 Å². The Hall–Kier alpha value is -6.51. The van der Waals surface area contributed by atoms with E-state index in [9.17, 15) is 24.6 Å². The van der Waals surface area contributed by atoms with E-state index in [-0.39, 0.29) is 63.8 Å². The van der Waals surface area contributed by atoms with Crippen LogP contribution in [0.15, 0.2) is 38.9 Å². The number of azo groups is 2. The largest absolute Gasteiger partial charge is 0.493 e. The topological polar surface area (TPSA) is 290 Å². The minimum atomic E-state index is -0.825. The van der Waals surface area contributed by atoms with Crippen molar-refractivity contribution in [3.8, 4) is 17.6 Å². The second kappa shape index (κ2) is 11.6. The fourth-order valence-corrected chi connectivity index (χ4v) is 4.07. The number of Topliss-reactive ketones (excluding diaryl/α,β-unsaturated/α-hetero) is 2. The predicted molar refractivity (Wildman–Crippen MR) is 153 cm³/mol. The summed E-state index contributed by atoms with van der Waals surface area (Å²) in [6.07, 6.45) is 2.59. The number of nitrogens with zero attached hydrogens (tertiary/aromatic N) is 14. The Bertz CT molecular complexity index is 2050. The molecule has 21 heteroatoms. The summed E-state index contributed by atoms with van der Waals surface area (Å²) in [5.41, 5.74) is 13.5. The number of hydrogen-bond acceptors (Lipinski definition) is 17. The van der Waals surface area contributed by atoms with E-state index in [2.05, 4.69) is 50.8 Å². The summed E-state index contributed by atoms with van der Waals surface area (Å²) in [6, 6.07) is 1.19. The summed E-state index contributed by atoms with van der Waals surface area (Å²) < 4.78 is 4.85. The average Bonchev–Trinajstić information content (AvgIpc) is 3.73. The van der Waals surface area contributed by atoms with Crippen molar-refractivity contribution in [1.29, 1.82) is 0 Å². The van der Waals surface area contributed by atoms with Gasteiger partial charge >= 0.3 is 0 Å². The molecular weight excluding hydrogens is 592 g/mol. The van der Waals surface area contributed by atoms with Gasteiger partial charge in [-0.25, -0.2) is 9.36 Å². The van der Waals surface area contributed by atoms with Crippen LogP contribution in [0.2, 0.25) is 0 Å². The molecule has 21 nitrogen and oxygen atoms in total. The number of rotatable bonds is 10. The number of aromatic hydroxyl groups is 1. The third kappa shape index (κ3) is 5.40. The maximum absolute atomic E-state index is 12.0. The van der Waals surface area contributed by atoms with Crippen molar-refractivity contribution >= 4 is 52.5 Å². The molecule has 0 fully saturated rings. The third-order valence-electron chi connectivity index (χ3n) is 6.34. The molecule has 230 valence electrons. The Morgan fingerprint density at radius 3 is 1.98 bits per heavy atom. The lowest BCUT2D eigenvalue weighted by Crippen LogP contribution is -2.11. The Morgan fingerprint density at radius 1 is 0.867 bits per heavy atom. The molecule has 5 aromatic heterocycles. The number of nitrogen functional groups attached to an aromatic ring is 2. The van der Waals surface area contributed by atoms with Gasteiger partial charge in [0.2, 0.25) is 11.7 Å². The van der Waals surface area contributed by atoms with E-state index in [0.717, 1.165) is 4.68 Å². The van der Waals surface area contributed by atoms with Crippen LogP contribution < -0.4 is 11.5 Å². The van der Waals surface area contributed by atoms with E-state index in [0.29, 0.717) is 11.4 Å². The molecule has 0 unspecified atom stereocenters. The van der Waals surface area contributed by atoms with Gasteiger partial charge in [0.25, 0.3) is 5.95 Å². The molecule has 5 heterocycles. The summed E-state index contributed by atoms with van der Waals surface area (Å²) in [6.45, 7) is 2.46. The van der Waals surface area contributed by atoms with Gasteiger partial charge in [-0.15, -0.1) is 20.5 Å². The molecule has 5 aromatic rings. The minimum absolute atomic E-state index is 0.0128. The van der Waals surface area contributed by atoms with Crippen LogP contribution in [-0.2, 0) is 18.9 Å². The molecule has 0 bridgehead atoms. The molecule has 5 rings (SSSR count). The van der Waals surface area contributed by atoms with Crippen molar-refractivity contribution in [2.45, 2.75) is 13.8 Å². The number of hydrogen-bond donors (Lipinski definition) is 4. The first-order valence-electron chi connectivity index (χ1n) is 12.7. The number of carbonyl (C=O) groups is 3. The molecule has 0 aliphatic carbocycles. The van der Waals surface area contributed by atoms with Crippen molar-refractivity contribution in [3.05, 3.63) is 41.0 Å². The molecule has 0 aliphatic rings. The molecule has 0 spiro atoms. The zero-order valence-electron chi connectivity index (χ0n) is 24.1. The second-order valence-electron chi connectivity index (χ2n) is 9.32. The number of aldehydes is 1. The number of ketones is 2. The standard InChI is InChI=1S/C24H24N16O5/c1-10-18(31-33-22-12(14(43)8-41)6-27-37(22)3)20(25)39(35-10)16-5-17(45)30-24(29-16)40-21(26)19(11(2)36-40)32-34-23-13(15(44)9-42)7-28-38(23)4/h5-7,9,41H,8,25-26H2,1-4H3,(H,29,30,45). The zero-order chi connectivity index (χ0) is 32.6. The first-order chi connectivity index (χ1) is 21.4. The van der Waals surface area contributed by atoms with Crippen molar-refractivity contribution in [3.63, 3.8) is 0 Å². The maximum Gasteiger partial charge on any atom is 0.257 e. The highest BCUT2D eigenvalue weighted by atomic mass is 16.3. The summed E-state index contributed by atoms with van der Waals surface area (Å²) >= 11 is 0. The molecule has 0 amide bonds. The van der Waals surface area contributed by atoms with Crippen LogP contribution in [0.4, 0.5) is 34.6 Å². The quantitative estimate of drug-likeness (QED) is 0.0742. The van der Waals surface area contributed by atoms with E-state index in [1.807, 2.05) is 0 Å². The van der Waals surface area contributed by atoms with Crippen LogP contribution in [0.1, 0.15) is 32.1 Å². The van der Waals surface area contributed by atoms with Gasteiger partial charge in [0.1, 0.15) is 6.61 Å². The number of aromatic nitrogens is 10. The van der Waals surface area contributed by atoms with Crippen molar-refractivity contribution in [2.75, 3.05) is 18.1 Å². The van der Waals surface area contributed by atoms with Gasteiger partial charge in [0, 0.05) is 20.2 Å². The summed E-state index contributed by atoms with van der Waals surface area (Å²) in [5, 5.41) is 52.6. The van der Waals surface area contributed by atoms with Crippen LogP contribution in [0, 0.1) is 13.8 Å². The van der Waals surface area contributed by atoms with Crippen LogP contribution in [0.3, 0.4) is 0 Å². The fourth-order valence-electron chi connectivity index (χ4n) is 4.07. The average molecular weight is 617 g/mol. The monoisotopic (exact) mass is 616 g/mol. The Kier molecular flexibility index (Phi) is 7.75. The highest BCUT2D eigenvalue weighted by Gasteiger charge is 2.22. The van der Waals surface area contributed by atoms with Crippen molar-refractivity contribution in [1.82, 2.24) is 49.1 Å². The number of anilines is 2. The van der Waals surface area contributed by atoms with Crippen LogP contribution in [0.5, 0.6) is 5.88 Å². The number of nitrogens with two attached hydrogens (primary N) is 2. The molecule has 0 aromatic carbocycles. The number of carbonyl (C=O) groups excluding carboxylic acids is 3. The van der Waals surface area contributed by atoms with E-state index in [1.54, 1.807) is 20.9 Å². The molecule has 0 saturated heterocycles. The number of aryl methyl sites for hydroxylation is 4. The SMILES string of the molecule is Cc1nn(-c2cc(O)nc(-n3nc(C)c(N=Nc4c(C(=O)C=O)cnn4C)c3N)n2)c(N)c1N=Nc1c(C(=O)CO)cnn1C. The van der Waals surface area contributed by atoms with Crippen LogP contribution >= 0.6 is 0 Å². The third-order valence-corrected chi connectivity index (χ3v) is 6.34. The van der Waals surface area contributed by atoms with Crippen LogP contribution in [-0.4, -0.2) is 83.8 Å². The van der Waals surface area contributed by atoms with Gasteiger partial charge in [0.15, 0.2) is 52.5 Å². The van der Waals surface area contributed by atoms with E-state index in [4.69, 9.17) is 11.5 Å². The lowest BCUT2D eigenvalue weighted by molar-refractivity contribution is -0.104. The van der Waals surface area contributed by atoms with Gasteiger partial charge < -0.3 is 21.7 Å². The molecule has 45 heavy (non-hydrogen) atoms. The number of aliphatic hydroxyl groups excluding tert-OH is 1. The maximum atomic E-state index is 12.0. The second-order valence-corrected chi connectivity index (χ2v) is 9.32. The van der Waals surface area contributed by atoms with E-state index in [1.165, 1.54) is 39.6 Å². The predicted octanol–water partition coefficient (Wildman–Crippen LogP) is 1.19. The van der Waals surface area contributed by atoms with E-state index >= 15 is 0 Å². The molecule has 0 saturated carbocycles. The lowest BCUT2D eigenvalue weighted by Gasteiger charge is -2.07. The number of aliphatic hydroxyl groups is 1. The normalized spacial score (nSPS) is 11.7. The first-order valence-corrected chi connectivity index (χ1v) is 12.7. The van der Waals surface area contributed by atoms with Crippen molar-refractivity contribution in [2.24, 2.45) is 34.6 Å².